The molecule has 12 unspecified atom stereocenters. The van der Waals surface area contributed by atoms with Gasteiger partial charge in [0.1, 0.15) is 48.8 Å². The van der Waals surface area contributed by atoms with E-state index in [2.05, 4.69) is 104 Å². The predicted octanol–water partition coefficient (Wildman–Crippen LogP) is 6.99. The molecule has 0 aromatic heterocycles. The Bertz CT molecular complexity index is 1460. The van der Waals surface area contributed by atoms with Gasteiger partial charge in [-0.15, -0.1) is 0 Å². The minimum Gasteiger partial charge on any atom is -0.394 e. The molecule has 2 saturated heterocycles. The van der Waals surface area contributed by atoms with Crippen LogP contribution in [-0.2, 0) is 23.7 Å². The van der Waals surface area contributed by atoms with E-state index in [1.807, 2.05) is 0 Å². The Morgan fingerprint density at radius 2 is 1.01 bits per heavy atom. The minimum absolute atomic E-state index is 0.246. The number of allylic oxidation sites excluding steroid dienone is 14. The van der Waals surface area contributed by atoms with Crippen molar-refractivity contribution < 1.29 is 64.6 Å². The Morgan fingerprint density at radius 1 is 0.544 bits per heavy atom. The third kappa shape index (κ3) is 26.4. The monoisotopic (exact) mass is 962 g/mol. The zero-order valence-electron chi connectivity index (χ0n) is 41.3. The van der Waals surface area contributed by atoms with Gasteiger partial charge in [-0.2, -0.15) is 0 Å². The highest BCUT2D eigenvalue weighted by molar-refractivity contribution is 5.76. The van der Waals surface area contributed by atoms with E-state index < -0.39 is 86.8 Å². The summed E-state index contributed by atoms with van der Waals surface area (Å²) in [7, 11) is 0. The Labute approximate surface area is 408 Å². The van der Waals surface area contributed by atoms with E-state index in [9.17, 15) is 45.6 Å². The van der Waals surface area contributed by atoms with Gasteiger partial charge in [-0.1, -0.05) is 163 Å². The first kappa shape index (κ1) is 61.3. The van der Waals surface area contributed by atoms with Crippen LogP contribution in [0.2, 0.25) is 0 Å². The first-order chi connectivity index (χ1) is 33.1. The molecule has 14 heteroatoms. The Kier molecular flexibility index (Phi) is 35.9. The smallest absolute Gasteiger partial charge is 0.220 e. The summed E-state index contributed by atoms with van der Waals surface area (Å²) in [6.45, 7) is 2.65. The molecule has 0 aromatic carbocycles. The standard InChI is InChI=1S/C54H91NO13/c1-3-5-7-9-11-13-14-15-16-17-18-19-20-21-22-23-24-25-26-27-28-30-32-34-36-38-46(59)55-42(43(58)37-35-33-31-29-12-10-8-6-4-2)41-65-53-51(64)49(62)52(45(40-57)67-53)68-54-50(63)48(61)47(60)44(39-56)66-54/h5,7,11,13,15-16,18-19,21-22,24-25,27-28,42-45,47-54,56-58,60-64H,3-4,6,8-10,12,14,17,20,23,26,29-41H2,1-2H3,(H,55,59)/b7-5-,13-11-,16-15-,19-18-,22-21-,25-24-,28-27-. The van der Waals surface area contributed by atoms with Crippen molar-refractivity contribution in [2.45, 2.75) is 229 Å². The maximum atomic E-state index is 13.2. The lowest BCUT2D eigenvalue weighted by atomic mass is 9.97. The van der Waals surface area contributed by atoms with Crippen molar-refractivity contribution in [3.05, 3.63) is 85.1 Å². The maximum absolute atomic E-state index is 13.2. The number of hydrogen-bond acceptors (Lipinski definition) is 13. The number of nitrogens with one attached hydrogen (secondary N) is 1. The van der Waals surface area contributed by atoms with E-state index in [1.54, 1.807) is 0 Å². The van der Waals surface area contributed by atoms with Gasteiger partial charge >= 0.3 is 0 Å². The molecular formula is C54H91NO13. The van der Waals surface area contributed by atoms with E-state index in [4.69, 9.17) is 18.9 Å². The second-order valence-corrected chi connectivity index (χ2v) is 17.9. The molecule has 68 heavy (non-hydrogen) atoms. The van der Waals surface area contributed by atoms with Crippen LogP contribution in [0.1, 0.15) is 155 Å². The average Bonchev–Trinajstić information content (AvgIpc) is 3.34. The van der Waals surface area contributed by atoms with E-state index >= 15 is 0 Å². The molecule has 9 N–H and O–H groups in total. The molecule has 2 heterocycles. The van der Waals surface area contributed by atoms with Crippen LogP contribution in [0.25, 0.3) is 0 Å². The molecule has 14 nitrogen and oxygen atoms in total. The molecule has 2 aliphatic rings. The van der Waals surface area contributed by atoms with Gasteiger partial charge in [0, 0.05) is 6.42 Å². The van der Waals surface area contributed by atoms with Crippen LogP contribution in [0.15, 0.2) is 85.1 Å². The highest BCUT2D eigenvalue weighted by atomic mass is 16.7. The molecule has 1 amide bonds. The van der Waals surface area contributed by atoms with Crippen LogP contribution in [0.4, 0.5) is 0 Å². The molecule has 0 radical (unpaired) electrons. The number of carbonyl (C=O) groups excluding carboxylic acids is 1. The third-order valence-corrected chi connectivity index (χ3v) is 12.1. The fourth-order valence-electron chi connectivity index (χ4n) is 7.92. The van der Waals surface area contributed by atoms with E-state index in [0.29, 0.717) is 12.8 Å². The van der Waals surface area contributed by atoms with Gasteiger partial charge in [0.05, 0.1) is 32.0 Å². The number of aliphatic hydroxyl groups is 8. The lowest BCUT2D eigenvalue weighted by Crippen LogP contribution is -2.65. The number of hydrogen-bond donors (Lipinski definition) is 9. The van der Waals surface area contributed by atoms with Gasteiger partial charge in [-0.05, 0) is 70.6 Å². The molecule has 0 bridgehead atoms. The van der Waals surface area contributed by atoms with Crippen molar-refractivity contribution in [1.82, 2.24) is 5.32 Å². The summed E-state index contributed by atoms with van der Waals surface area (Å²) in [5.74, 6) is -0.246. The van der Waals surface area contributed by atoms with Crippen molar-refractivity contribution >= 4 is 5.91 Å². The largest absolute Gasteiger partial charge is 0.394 e. The van der Waals surface area contributed by atoms with Crippen LogP contribution >= 0.6 is 0 Å². The number of carbonyl (C=O) groups is 1. The lowest BCUT2D eigenvalue weighted by molar-refractivity contribution is -0.359. The maximum Gasteiger partial charge on any atom is 0.220 e. The summed E-state index contributed by atoms with van der Waals surface area (Å²) < 4.78 is 22.7. The molecular weight excluding hydrogens is 871 g/mol. The zero-order chi connectivity index (χ0) is 49.6. The van der Waals surface area contributed by atoms with Crippen molar-refractivity contribution in [3.63, 3.8) is 0 Å². The highest BCUT2D eigenvalue weighted by Crippen LogP contribution is 2.30. The van der Waals surface area contributed by atoms with Crippen molar-refractivity contribution in [2.24, 2.45) is 0 Å². The predicted molar refractivity (Wildman–Crippen MR) is 267 cm³/mol. The number of unbranched alkanes of at least 4 members (excludes halogenated alkanes) is 11. The minimum atomic E-state index is -1.79. The van der Waals surface area contributed by atoms with Crippen LogP contribution in [0, 0.1) is 0 Å². The quantitative estimate of drug-likeness (QED) is 0.0225. The van der Waals surface area contributed by atoms with E-state index in [0.717, 1.165) is 89.9 Å². The summed E-state index contributed by atoms with van der Waals surface area (Å²) in [5, 5.41) is 86.7. The average molecular weight is 962 g/mol. The molecule has 0 aromatic rings. The fourth-order valence-corrected chi connectivity index (χ4v) is 7.92. The SMILES string of the molecule is CC/C=C\C/C=C\C/C=C\C/C=C\C/C=C\C/C=C\C/C=C\CCCCCC(=O)NC(COC1OC(CO)C(OC2OC(CO)C(O)C(O)C2O)C(O)C1O)C(O)CCCCCCCCCCC. The highest BCUT2D eigenvalue weighted by Gasteiger charge is 2.51. The summed E-state index contributed by atoms with van der Waals surface area (Å²) in [4.78, 5) is 13.2. The first-order valence-corrected chi connectivity index (χ1v) is 25.8. The Hall–Kier alpha value is -2.83. The van der Waals surface area contributed by atoms with Crippen LogP contribution in [0.5, 0.6) is 0 Å². The second-order valence-electron chi connectivity index (χ2n) is 17.9. The summed E-state index contributed by atoms with van der Waals surface area (Å²) in [6.07, 6.45) is 34.6. The van der Waals surface area contributed by atoms with Crippen molar-refractivity contribution in [2.75, 3.05) is 19.8 Å². The molecule has 0 spiro atoms. The van der Waals surface area contributed by atoms with Gasteiger partial charge in [0.15, 0.2) is 12.6 Å². The number of aliphatic hydroxyl groups excluding tert-OH is 8. The lowest BCUT2D eigenvalue weighted by Gasteiger charge is -2.46. The number of amides is 1. The second kappa shape index (κ2) is 39.8. The van der Waals surface area contributed by atoms with Crippen LogP contribution < -0.4 is 5.32 Å². The fraction of sp³-hybridized carbons (Fsp3) is 0.722. The van der Waals surface area contributed by atoms with Gasteiger partial charge in [-0.3, -0.25) is 4.79 Å². The zero-order valence-corrected chi connectivity index (χ0v) is 41.3. The van der Waals surface area contributed by atoms with E-state index in [-0.39, 0.29) is 18.9 Å². The van der Waals surface area contributed by atoms with Crippen LogP contribution in [0.3, 0.4) is 0 Å². The molecule has 2 fully saturated rings. The third-order valence-electron chi connectivity index (χ3n) is 12.1. The molecule has 0 saturated carbocycles. The molecule has 12 atom stereocenters. The topological polar surface area (TPSA) is 228 Å². The number of ether oxygens (including phenoxy) is 4. The Balaban J connectivity index is 1.78. The summed E-state index contributed by atoms with van der Waals surface area (Å²) in [5.41, 5.74) is 0. The van der Waals surface area contributed by atoms with Gasteiger partial charge in [-0.25, -0.2) is 0 Å². The molecule has 2 aliphatic heterocycles. The van der Waals surface area contributed by atoms with Gasteiger partial charge in [0.25, 0.3) is 0 Å². The van der Waals surface area contributed by atoms with E-state index in [1.165, 1.54) is 32.1 Å². The number of rotatable bonds is 38. The van der Waals surface area contributed by atoms with Gasteiger partial charge < -0.3 is 65.1 Å². The normalized spacial score (nSPS) is 27.1. The molecule has 390 valence electrons. The first-order valence-electron chi connectivity index (χ1n) is 25.8. The summed E-state index contributed by atoms with van der Waals surface area (Å²) in [6, 6.07) is -0.850. The molecule has 0 aliphatic carbocycles. The summed E-state index contributed by atoms with van der Waals surface area (Å²) >= 11 is 0. The Morgan fingerprint density at radius 3 is 1.54 bits per heavy atom. The van der Waals surface area contributed by atoms with Gasteiger partial charge in [0.2, 0.25) is 5.91 Å². The molecule has 2 rings (SSSR count). The van der Waals surface area contributed by atoms with Crippen molar-refractivity contribution in [3.8, 4) is 0 Å². The van der Waals surface area contributed by atoms with Crippen molar-refractivity contribution in [1.29, 1.82) is 0 Å². The van der Waals surface area contributed by atoms with Crippen LogP contribution in [-0.4, -0.2) is 140 Å².